The van der Waals surface area contributed by atoms with Crippen LogP contribution >= 0.6 is 11.5 Å². The number of hydrogen-bond acceptors (Lipinski definition) is 4. The monoisotopic (exact) mass is 247 g/mol. The van der Waals surface area contributed by atoms with Crippen LogP contribution in [0.5, 0.6) is 0 Å². The van der Waals surface area contributed by atoms with E-state index in [1.165, 1.54) is 22.7 Å². The van der Waals surface area contributed by atoms with Crippen molar-refractivity contribution in [3.8, 4) is 0 Å². The Labute approximate surface area is 106 Å². The second kappa shape index (κ2) is 5.27. The van der Waals surface area contributed by atoms with Crippen molar-refractivity contribution in [2.75, 3.05) is 5.32 Å². The molecule has 2 rings (SSSR count). The molecule has 3 nitrogen and oxygen atoms in total. The van der Waals surface area contributed by atoms with Gasteiger partial charge in [-0.1, -0.05) is 36.8 Å². The van der Waals surface area contributed by atoms with E-state index in [9.17, 15) is 0 Å². The van der Waals surface area contributed by atoms with Gasteiger partial charge in [0.1, 0.15) is 5.82 Å². The zero-order chi connectivity index (χ0) is 12.3. The summed E-state index contributed by atoms with van der Waals surface area (Å²) in [6.45, 7) is 6.30. The molecule has 0 fully saturated rings. The Bertz CT molecular complexity index is 476. The van der Waals surface area contributed by atoms with E-state index in [2.05, 4.69) is 59.7 Å². The van der Waals surface area contributed by atoms with Crippen LogP contribution in [0.3, 0.4) is 0 Å². The molecule has 0 amide bonds. The van der Waals surface area contributed by atoms with Crippen LogP contribution < -0.4 is 5.32 Å². The van der Waals surface area contributed by atoms with Gasteiger partial charge in [-0.3, -0.25) is 0 Å². The number of hydrogen-bond donors (Lipinski definition) is 1. The molecule has 1 N–H and O–H groups in total. The van der Waals surface area contributed by atoms with E-state index in [0.29, 0.717) is 0 Å². The van der Waals surface area contributed by atoms with Crippen LogP contribution in [-0.2, 0) is 6.42 Å². The van der Waals surface area contributed by atoms with Crippen LogP contribution in [0.4, 0.5) is 5.13 Å². The lowest BCUT2D eigenvalue weighted by atomic mass is 10.1. The topological polar surface area (TPSA) is 37.8 Å². The highest BCUT2D eigenvalue weighted by molar-refractivity contribution is 7.09. The normalized spacial score (nSPS) is 12.4. The number of nitrogens with one attached hydrogen (secondary N) is 1. The zero-order valence-electron chi connectivity index (χ0n) is 10.4. The number of nitrogens with zero attached hydrogens (tertiary/aromatic N) is 2. The average molecular weight is 247 g/mol. The Morgan fingerprint density at radius 1 is 1.29 bits per heavy atom. The van der Waals surface area contributed by atoms with Gasteiger partial charge in [-0.2, -0.15) is 4.37 Å². The van der Waals surface area contributed by atoms with E-state index in [1.54, 1.807) is 0 Å². The first-order valence-corrected chi connectivity index (χ1v) is 6.62. The van der Waals surface area contributed by atoms with E-state index < -0.39 is 0 Å². The molecule has 0 radical (unpaired) electrons. The fourth-order valence-electron chi connectivity index (χ4n) is 1.58. The summed E-state index contributed by atoms with van der Waals surface area (Å²) in [4.78, 5) is 4.41. The van der Waals surface area contributed by atoms with E-state index >= 15 is 0 Å². The summed E-state index contributed by atoms with van der Waals surface area (Å²) in [5, 5.41) is 4.28. The molecule has 0 aliphatic carbocycles. The maximum absolute atomic E-state index is 4.41. The van der Waals surface area contributed by atoms with E-state index in [0.717, 1.165) is 17.4 Å². The summed E-state index contributed by atoms with van der Waals surface area (Å²) in [7, 11) is 0. The van der Waals surface area contributed by atoms with E-state index in [1.807, 2.05) is 0 Å². The lowest BCUT2D eigenvalue weighted by Gasteiger charge is -2.12. The van der Waals surface area contributed by atoms with Gasteiger partial charge in [0.15, 0.2) is 0 Å². The number of benzene rings is 1. The number of aromatic nitrogens is 2. The van der Waals surface area contributed by atoms with Crippen LogP contribution in [0.25, 0.3) is 0 Å². The highest BCUT2D eigenvalue weighted by Gasteiger charge is 2.08. The summed E-state index contributed by atoms with van der Waals surface area (Å²) in [6, 6.07) is 8.81. The minimum Gasteiger partial charge on any atom is -0.354 e. The van der Waals surface area contributed by atoms with Crippen molar-refractivity contribution in [2.45, 2.75) is 33.2 Å². The molecule has 0 saturated heterocycles. The third-order valence-electron chi connectivity index (χ3n) is 2.70. The molecule has 2 aromatic rings. The van der Waals surface area contributed by atoms with Crippen molar-refractivity contribution in [2.24, 2.45) is 0 Å². The minimum atomic E-state index is 0.258. The molecule has 0 aliphatic rings. The van der Waals surface area contributed by atoms with Crippen molar-refractivity contribution in [1.82, 2.24) is 9.36 Å². The molecule has 1 unspecified atom stereocenters. The fourth-order valence-corrected chi connectivity index (χ4v) is 2.32. The van der Waals surface area contributed by atoms with Crippen molar-refractivity contribution >= 4 is 16.7 Å². The molecule has 0 saturated carbocycles. The first-order valence-electron chi connectivity index (χ1n) is 5.84. The molecular weight excluding hydrogens is 230 g/mol. The lowest BCUT2D eigenvalue weighted by molar-refractivity contribution is 0.875. The van der Waals surface area contributed by atoms with Crippen molar-refractivity contribution in [3.05, 3.63) is 41.2 Å². The predicted molar refractivity (Wildman–Crippen MR) is 72.5 cm³/mol. The Morgan fingerprint density at radius 3 is 2.59 bits per heavy atom. The van der Waals surface area contributed by atoms with Crippen molar-refractivity contribution in [1.29, 1.82) is 0 Å². The molecule has 90 valence electrons. The number of aryl methyl sites for hydroxylation is 2. The van der Waals surface area contributed by atoms with Crippen LogP contribution in [-0.4, -0.2) is 9.36 Å². The quantitative estimate of drug-likeness (QED) is 0.897. The van der Waals surface area contributed by atoms with Crippen LogP contribution in [0.15, 0.2) is 24.3 Å². The maximum Gasteiger partial charge on any atom is 0.203 e. The number of anilines is 1. The number of rotatable bonds is 4. The van der Waals surface area contributed by atoms with Crippen LogP contribution in [0.2, 0.25) is 0 Å². The highest BCUT2D eigenvalue weighted by Crippen LogP contribution is 2.20. The van der Waals surface area contributed by atoms with Gasteiger partial charge >= 0.3 is 0 Å². The summed E-state index contributed by atoms with van der Waals surface area (Å²) in [5.41, 5.74) is 2.55. The molecule has 0 spiro atoms. The summed E-state index contributed by atoms with van der Waals surface area (Å²) >= 11 is 1.43. The largest absolute Gasteiger partial charge is 0.354 e. The SMILES string of the molecule is CCc1nsc(NC(C)c2ccc(C)cc2)n1. The van der Waals surface area contributed by atoms with Gasteiger partial charge in [-0.25, -0.2) is 4.98 Å². The standard InChI is InChI=1S/C13H17N3S/c1-4-12-15-13(17-16-12)14-10(3)11-7-5-9(2)6-8-11/h5-8,10H,4H2,1-3H3,(H,14,15,16). The molecule has 1 atom stereocenters. The first-order chi connectivity index (χ1) is 8.19. The molecule has 17 heavy (non-hydrogen) atoms. The van der Waals surface area contributed by atoms with Gasteiger partial charge in [-0.15, -0.1) is 0 Å². The summed E-state index contributed by atoms with van der Waals surface area (Å²) < 4.78 is 4.26. The third kappa shape index (κ3) is 3.03. The minimum absolute atomic E-state index is 0.258. The van der Waals surface area contributed by atoms with E-state index in [4.69, 9.17) is 0 Å². The van der Waals surface area contributed by atoms with Gasteiger partial charge in [0.2, 0.25) is 5.13 Å². The predicted octanol–water partition coefficient (Wildman–Crippen LogP) is 3.58. The molecule has 1 aromatic heterocycles. The van der Waals surface area contributed by atoms with E-state index in [-0.39, 0.29) is 6.04 Å². The maximum atomic E-state index is 4.41. The molecular formula is C13H17N3S. The Kier molecular flexibility index (Phi) is 3.74. The van der Waals surface area contributed by atoms with Crippen molar-refractivity contribution < 1.29 is 0 Å². The van der Waals surface area contributed by atoms with Gasteiger partial charge in [0.25, 0.3) is 0 Å². The first kappa shape index (κ1) is 12.0. The summed E-state index contributed by atoms with van der Waals surface area (Å²) in [5.74, 6) is 0.911. The zero-order valence-corrected chi connectivity index (χ0v) is 11.2. The average Bonchev–Trinajstić information content (AvgIpc) is 2.77. The van der Waals surface area contributed by atoms with Gasteiger partial charge in [0, 0.05) is 18.0 Å². The van der Waals surface area contributed by atoms with Gasteiger partial charge < -0.3 is 5.32 Å². The summed E-state index contributed by atoms with van der Waals surface area (Å²) in [6.07, 6.45) is 0.886. The Balaban J connectivity index is 2.05. The molecule has 1 aromatic carbocycles. The Morgan fingerprint density at radius 2 is 2.00 bits per heavy atom. The smallest absolute Gasteiger partial charge is 0.203 e. The molecule has 1 heterocycles. The lowest BCUT2D eigenvalue weighted by Crippen LogP contribution is -2.06. The van der Waals surface area contributed by atoms with Gasteiger partial charge in [-0.05, 0) is 19.4 Å². The van der Waals surface area contributed by atoms with Crippen LogP contribution in [0.1, 0.15) is 36.8 Å². The van der Waals surface area contributed by atoms with Gasteiger partial charge in [0.05, 0.1) is 6.04 Å². The second-order valence-corrected chi connectivity index (χ2v) is 4.90. The molecule has 0 aliphatic heterocycles. The van der Waals surface area contributed by atoms with Crippen molar-refractivity contribution in [3.63, 3.8) is 0 Å². The fraction of sp³-hybridized carbons (Fsp3) is 0.385. The highest BCUT2D eigenvalue weighted by atomic mass is 32.1. The third-order valence-corrected chi connectivity index (χ3v) is 3.39. The molecule has 0 bridgehead atoms. The van der Waals surface area contributed by atoms with Crippen LogP contribution in [0, 0.1) is 6.92 Å². The molecule has 4 heteroatoms. The second-order valence-electron chi connectivity index (χ2n) is 4.15. The Hall–Kier alpha value is -1.42.